The van der Waals surface area contributed by atoms with Crippen LogP contribution in [-0.2, 0) is 4.84 Å². The predicted molar refractivity (Wildman–Crippen MR) is 104 cm³/mol. The lowest BCUT2D eigenvalue weighted by molar-refractivity contribution is -0.136. The number of anilines is 1. The Hall–Kier alpha value is -2.26. The molecule has 0 unspecified atom stereocenters. The van der Waals surface area contributed by atoms with Crippen LogP contribution >= 0.6 is 0 Å². The molecule has 1 spiro atoms. The monoisotopic (exact) mass is 422 g/mol. The minimum atomic E-state index is -4.56. The number of carbonyl (C=O) groups excluding carboxylic acids is 1. The topological polar surface area (TPSA) is 56.8 Å². The van der Waals surface area contributed by atoms with Crippen molar-refractivity contribution in [2.75, 3.05) is 24.6 Å². The summed E-state index contributed by atoms with van der Waals surface area (Å²) >= 11 is 0. The maximum atomic E-state index is 12.8. The van der Waals surface area contributed by atoms with Gasteiger partial charge in [0.15, 0.2) is 0 Å². The molecule has 2 saturated carbocycles. The number of hydrazine groups is 1. The van der Waals surface area contributed by atoms with Gasteiger partial charge in [-0.3, -0.25) is 4.79 Å². The number of alkyl halides is 3. The molecule has 1 saturated heterocycles. The first-order valence-corrected chi connectivity index (χ1v) is 10.4. The lowest BCUT2D eigenvalue weighted by Crippen LogP contribution is -2.49. The molecule has 162 valence electrons. The summed E-state index contributed by atoms with van der Waals surface area (Å²) in [5.74, 6) is -1.26. The smallest absolute Gasteiger partial charge is 0.382 e. The highest BCUT2D eigenvalue weighted by Crippen LogP contribution is 2.52. The number of hydrogen-bond acceptors (Lipinski definition) is 5. The first kappa shape index (κ1) is 19.7. The van der Waals surface area contributed by atoms with Gasteiger partial charge in [0, 0.05) is 18.7 Å². The minimum absolute atomic E-state index is 0.141. The molecule has 9 heteroatoms. The second-order valence-electron chi connectivity index (χ2n) is 9.15. The van der Waals surface area contributed by atoms with E-state index in [9.17, 15) is 18.0 Å². The van der Waals surface area contributed by atoms with E-state index in [1.807, 2.05) is 0 Å². The normalized spacial score (nSPS) is 24.4. The number of nitrogens with zero attached hydrogens (tertiary/aromatic N) is 2. The summed E-state index contributed by atoms with van der Waals surface area (Å²) in [5, 5.41) is 4.32. The van der Waals surface area contributed by atoms with Crippen molar-refractivity contribution in [1.29, 1.82) is 0 Å². The number of halogens is 3. The summed E-state index contributed by atoms with van der Waals surface area (Å²) < 4.78 is 38.0. The van der Waals surface area contributed by atoms with Gasteiger partial charge in [-0.05, 0) is 74.8 Å². The van der Waals surface area contributed by atoms with Crippen molar-refractivity contribution in [3.63, 3.8) is 0 Å². The van der Waals surface area contributed by atoms with E-state index in [1.54, 1.807) is 24.3 Å². The molecular weight excluding hydrogens is 397 g/mol. The summed E-state index contributed by atoms with van der Waals surface area (Å²) in [4.78, 5) is 19.7. The number of hydrogen-bond donors (Lipinski definition) is 2. The van der Waals surface area contributed by atoms with Gasteiger partial charge in [0.25, 0.3) is 5.91 Å². The van der Waals surface area contributed by atoms with Crippen molar-refractivity contribution in [2.45, 2.75) is 50.2 Å². The van der Waals surface area contributed by atoms with Gasteiger partial charge in [-0.15, -0.1) is 0 Å². The van der Waals surface area contributed by atoms with E-state index in [2.05, 4.69) is 20.6 Å². The van der Waals surface area contributed by atoms with Gasteiger partial charge in [0.1, 0.15) is 0 Å². The number of benzene rings is 1. The second-order valence-corrected chi connectivity index (χ2v) is 9.15. The third-order valence-electron chi connectivity index (χ3n) is 6.64. The van der Waals surface area contributed by atoms with E-state index >= 15 is 0 Å². The Morgan fingerprint density at radius 2 is 1.87 bits per heavy atom. The zero-order valence-corrected chi connectivity index (χ0v) is 16.6. The Balaban J connectivity index is 1.19. The molecule has 2 aliphatic carbocycles. The Labute approximate surface area is 173 Å². The fourth-order valence-electron chi connectivity index (χ4n) is 4.54. The number of nitrogens with one attached hydrogen (secondary N) is 2. The summed E-state index contributed by atoms with van der Waals surface area (Å²) in [5.41, 5.74) is 3.54. The van der Waals surface area contributed by atoms with Crippen LogP contribution < -0.4 is 15.9 Å². The van der Waals surface area contributed by atoms with Crippen molar-refractivity contribution in [3.8, 4) is 0 Å². The largest absolute Gasteiger partial charge is 0.453 e. The SMILES string of the molecule is O=C(NC1(CN2CCCC3(CC3)C2)CC1)c1ccc(N2C=C(C(F)(F)F)ON2)cc1. The van der Waals surface area contributed by atoms with Crippen LogP contribution in [0, 0.1) is 5.41 Å². The molecule has 1 aromatic carbocycles. The molecule has 0 atom stereocenters. The van der Waals surface area contributed by atoms with Gasteiger partial charge in [-0.25, -0.2) is 5.01 Å². The third-order valence-corrected chi connectivity index (χ3v) is 6.64. The highest BCUT2D eigenvalue weighted by molar-refractivity contribution is 5.95. The van der Waals surface area contributed by atoms with E-state index in [1.165, 1.54) is 25.7 Å². The number of carbonyl (C=O) groups is 1. The van der Waals surface area contributed by atoms with Crippen molar-refractivity contribution >= 4 is 11.6 Å². The van der Waals surface area contributed by atoms with Gasteiger partial charge in [0.05, 0.1) is 17.4 Å². The Morgan fingerprint density at radius 1 is 1.13 bits per heavy atom. The predicted octanol–water partition coefficient (Wildman–Crippen LogP) is 3.48. The van der Waals surface area contributed by atoms with Crippen molar-refractivity contribution in [1.82, 2.24) is 15.8 Å². The number of rotatable bonds is 5. The van der Waals surface area contributed by atoms with Crippen molar-refractivity contribution < 1.29 is 22.8 Å². The van der Waals surface area contributed by atoms with Crippen LogP contribution in [0.4, 0.5) is 18.9 Å². The molecule has 0 bridgehead atoms. The summed E-state index contributed by atoms with van der Waals surface area (Å²) in [7, 11) is 0. The van der Waals surface area contributed by atoms with E-state index in [0.717, 1.165) is 43.7 Å². The molecule has 2 N–H and O–H groups in total. The van der Waals surface area contributed by atoms with Crippen LogP contribution in [-0.4, -0.2) is 42.2 Å². The van der Waals surface area contributed by atoms with Crippen LogP contribution in [0.25, 0.3) is 0 Å². The highest BCUT2D eigenvalue weighted by atomic mass is 19.4. The summed E-state index contributed by atoms with van der Waals surface area (Å²) in [6, 6.07) is 6.40. The molecule has 3 fully saturated rings. The first-order valence-electron chi connectivity index (χ1n) is 10.4. The molecule has 4 aliphatic rings. The van der Waals surface area contributed by atoms with Crippen molar-refractivity contribution in [2.24, 2.45) is 5.41 Å². The Morgan fingerprint density at radius 3 is 2.47 bits per heavy atom. The van der Waals surface area contributed by atoms with Gasteiger partial charge < -0.3 is 15.1 Å². The average molecular weight is 422 g/mol. The molecule has 5 rings (SSSR count). The zero-order valence-electron chi connectivity index (χ0n) is 16.6. The number of allylic oxidation sites excluding steroid dienone is 1. The molecule has 30 heavy (non-hydrogen) atoms. The van der Waals surface area contributed by atoms with E-state index in [4.69, 9.17) is 0 Å². The molecule has 0 radical (unpaired) electrons. The van der Waals surface area contributed by atoms with Crippen molar-refractivity contribution in [3.05, 3.63) is 41.8 Å². The fourth-order valence-corrected chi connectivity index (χ4v) is 4.54. The van der Waals surface area contributed by atoms with Gasteiger partial charge in [-0.1, -0.05) is 5.59 Å². The Bertz CT molecular complexity index is 860. The maximum absolute atomic E-state index is 12.8. The van der Waals surface area contributed by atoms with E-state index in [0.29, 0.717) is 16.7 Å². The Kier molecular flexibility index (Phi) is 4.52. The van der Waals surface area contributed by atoms with Gasteiger partial charge in [0.2, 0.25) is 5.76 Å². The first-order chi connectivity index (χ1) is 14.3. The number of amides is 1. The van der Waals surface area contributed by atoms with Crippen LogP contribution in [0.5, 0.6) is 0 Å². The molecule has 1 amide bonds. The second kappa shape index (κ2) is 6.88. The summed E-state index contributed by atoms with van der Waals surface area (Å²) in [6.07, 6.45) is 3.50. The van der Waals surface area contributed by atoms with Crippen LogP contribution in [0.2, 0.25) is 0 Å². The molecule has 2 heterocycles. The van der Waals surface area contributed by atoms with Crippen LogP contribution in [0.1, 0.15) is 48.9 Å². The highest BCUT2D eigenvalue weighted by Gasteiger charge is 2.50. The molecular formula is C21H25F3N4O2. The van der Waals surface area contributed by atoms with E-state index in [-0.39, 0.29) is 11.4 Å². The number of likely N-dealkylation sites (tertiary alicyclic amines) is 1. The van der Waals surface area contributed by atoms with Crippen LogP contribution in [0.15, 0.2) is 36.2 Å². The lowest BCUT2D eigenvalue weighted by Gasteiger charge is -2.35. The van der Waals surface area contributed by atoms with Gasteiger partial charge >= 0.3 is 6.18 Å². The third kappa shape index (κ3) is 4.00. The average Bonchev–Trinajstić information content (AvgIpc) is 3.57. The number of piperidine rings is 1. The molecule has 6 nitrogen and oxygen atoms in total. The standard InChI is InChI=1S/C21H25F3N4O2/c22-21(23,24)17-12-28(26-30-17)16-4-2-15(3-5-16)18(29)25-20(9-10-20)14-27-11-1-6-19(13-27)7-8-19/h2-5,12,26H,1,6-11,13-14H2,(H,25,29). The van der Waals surface area contributed by atoms with Gasteiger partial charge in [-0.2, -0.15) is 13.2 Å². The van der Waals surface area contributed by atoms with Crippen LogP contribution in [0.3, 0.4) is 0 Å². The maximum Gasteiger partial charge on any atom is 0.453 e. The fraction of sp³-hybridized carbons (Fsp3) is 0.571. The zero-order chi connectivity index (χ0) is 21.0. The molecule has 0 aromatic heterocycles. The lowest BCUT2D eigenvalue weighted by atomic mass is 9.94. The summed E-state index contributed by atoms with van der Waals surface area (Å²) in [6.45, 7) is 3.16. The minimum Gasteiger partial charge on any atom is -0.382 e. The quantitative estimate of drug-likeness (QED) is 0.761. The van der Waals surface area contributed by atoms with E-state index < -0.39 is 11.9 Å². The molecule has 1 aromatic rings. The molecule has 2 aliphatic heterocycles.